The quantitative estimate of drug-likeness (QED) is 0.758. The second-order valence-electron chi connectivity index (χ2n) is 6.89. The summed E-state index contributed by atoms with van der Waals surface area (Å²) in [6.07, 6.45) is 7.16. The van der Waals surface area contributed by atoms with Gasteiger partial charge in [-0.05, 0) is 57.5 Å². The van der Waals surface area contributed by atoms with Crippen LogP contribution in [-0.4, -0.2) is 68.7 Å². The molecule has 3 rings (SSSR count). The minimum Gasteiger partial charge on any atom is -0.313 e. The van der Waals surface area contributed by atoms with Crippen LogP contribution in [0.3, 0.4) is 0 Å². The van der Waals surface area contributed by atoms with E-state index in [2.05, 4.69) is 10.2 Å². The van der Waals surface area contributed by atoms with E-state index in [0.717, 1.165) is 25.9 Å². The van der Waals surface area contributed by atoms with Crippen LogP contribution in [0, 0.1) is 5.92 Å². The van der Waals surface area contributed by atoms with Gasteiger partial charge < -0.3 is 10.2 Å². The molecule has 6 heteroatoms. The van der Waals surface area contributed by atoms with E-state index in [1.165, 1.54) is 45.3 Å². The summed E-state index contributed by atoms with van der Waals surface area (Å²) in [6.45, 7) is 5.73. The molecular weight excluding hydrogens is 286 g/mol. The topological polar surface area (TPSA) is 52.7 Å². The van der Waals surface area contributed by atoms with Crippen molar-refractivity contribution >= 4 is 10.0 Å². The Morgan fingerprint density at radius 3 is 2.24 bits per heavy atom. The van der Waals surface area contributed by atoms with Gasteiger partial charge in [-0.25, -0.2) is 12.7 Å². The maximum atomic E-state index is 12.3. The molecule has 21 heavy (non-hydrogen) atoms. The van der Waals surface area contributed by atoms with Gasteiger partial charge in [0.05, 0.1) is 5.75 Å². The Morgan fingerprint density at radius 2 is 1.62 bits per heavy atom. The zero-order valence-electron chi connectivity index (χ0n) is 13.0. The normalized spacial score (nSPS) is 26.5. The smallest absolute Gasteiger partial charge is 0.215 e. The van der Waals surface area contributed by atoms with Crippen LogP contribution in [0.5, 0.6) is 0 Å². The van der Waals surface area contributed by atoms with E-state index in [0.29, 0.717) is 18.5 Å². The van der Waals surface area contributed by atoms with Gasteiger partial charge in [-0.3, -0.25) is 0 Å². The Hall–Kier alpha value is -0.170. The van der Waals surface area contributed by atoms with Crippen molar-refractivity contribution in [3.05, 3.63) is 0 Å². The van der Waals surface area contributed by atoms with Gasteiger partial charge in [-0.15, -0.1) is 0 Å². The molecule has 0 radical (unpaired) electrons. The summed E-state index contributed by atoms with van der Waals surface area (Å²) in [7, 11) is -3.04. The van der Waals surface area contributed by atoms with Crippen LogP contribution in [0.4, 0.5) is 0 Å². The van der Waals surface area contributed by atoms with Gasteiger partial charge >= 0.3 is 0 Å². The van der Waals surface area contributed by atoms with Crippen molar-refractivity contribution in [2.24, 2.45) is 5.92 Å². The minimum atomic E-state index is -3.04. The summed E-state index contributed by atoms with van der Waals surface area (Å²) in [6, 6.07) is 0.589. The fraction of sp³-hybridized carbons (Fsp3) is 1.00. The monoisotopic (exact) mass is 315 g/mol. The van der Waals surface area contributed by atoms with Crippen LogP contribution < -0.4 is 5.32 Å². The van der Waals surface area contributed by atoms with Crippen molar-refractivity contribution in [3.8, 4) is 0 Å². The zero-order chi connectivity index (χ0) is 14.7. The molecule has 122 valence electrons. The van der Waals surface area contributed by atoms with Crippen molar-refractivity contribution in [2.75, 3.05) is 45.0 Å². The summed E-state index contributed by atoms with van der Waals surface area (Å²) in [4.78, 5) is 2.55. The molecule has 3 aliphatic rings. The van der Waals surface area contributed by atoms with Gasteiger partial charge in [-0.1, -0.05) is 0 Å². The van der Waals surface area contributed by atoms with Crippen molar-refractivity contribution in [3.63, 3.8) is 0 Å². The van der Waals surface area contributed by atoms with Crippen molar-refractivity contribution in [2.45, 2.75) is 44.6 Å². The third kappa shape index (κ3) is 4.65. The summed E-state index contributed by atoms with van der Waals surface area (Å²) in [5.41, 5.74) is 0. The molecule has 0 unspecified atom stereocenters. The van der Waals surface area contributed by atoms with Crippen LogP contribution in [0.2, 0.25) is 0 Å². The first-order valence-corrected chi connectivity index (χ1v) is 10.2. The first-order valence-electron chi connectivity index (χ1n) is 8.57. The molecule has 0 aromatic heterocycles. The lowest BCUT2D eigenvalue weighted by molar-refractivity contribution is 0.206. The highest BCUT2D eigenvalue weighted by Gasteiger charge is 2.29. The first kappa shape index (κ1) is 15.7. The average molecular weight is 315 g/mol. The molecule has 2 heterocycles. The van der Waals surface area contributed by atoms with Gasteiger partial charge in [0.15, 0.2) is 0 Å². The molecule has 1 N–H and O–H groups in total. The Labute approximate surface area is 129 Å². The van der Waals surface area contributed by atoms with E-state index >= 15 is 0 Å². The number of hydrogen-bond acceptors (Lipinski definition) is 4. The molecule has 1 aliphatic carbocycles. The molecule has 3 fully saturated rings. The molecule has 0 atom stereocenters. The first-order chi connectivity index (χ1) is 10.1. The number of likely N-dealkylation sites (tertiary alicyclic amines) is 1. The summed E-state index contributed by atoms with van der Waals surface area (Å²) >= 11 is 0. The van der Waals surface area contributed by atoms with Crippen molar-refractivity contribution < 1.29 is 8.42 Å². The predicted octanol–water partition coefficient (Wildman–Crippen LogP) is 0.876. The Morgan fingerprint density at radius 1 is 0.952 bits per heavy atom. The van der Waals surface area contributed by atoms with E-state index in [1.54, 1.807) is 4.31 Å². The maximum Gasteiger partial charge on any atom is 0.215 e. The van der Waals surface area contributed by atoms with Crippen molar-refractivity contribution in [1.29, 1.82) is 0 Å². The molecule has 2 saturated heterocycles. The van der Waals surface area contributed by atoms with Gasteiger partial charge in [0.1, 0.15) is 0 Å². The van der Waals surface area contributed by atoms with Crippen molar-refractivity contribution in [1.82, 2.24) is 14.5 Å². The van der Waals surface area contributed by atoms with Crippen LogP contribution in [0.1, 0.15) is 38.5 Å². The molecule has 0 spiro atoms. The number of nitrogens with zero attached hydrogens (tertiary/aromatic N) is 2. The van der Waals surface area contributed by atoms with E-state index in [-0.39, 0.29) is 5.75 Å². The maximum absolute atomic E-state index is 12.3. The second-order valence-corrected chi connectivity index (χ2v) is 8.98. The highest BCUT2D eigenvalue weighted by Crippen LogP contribution is 2.23. The van der Waals surface area contributed by atoms with Gasteiger partial charge in [-0.2, -0.15) is 0 Å². The average Bonchev–Trinajstić information content (AvgIpc) is 3.14. The SMILES string of the molecule is O=S(=O)(CCNC1CC1)N1CCC(CN2CCCC2)CC1. The number of nitrogens with one attached hydrogen (secondary N) is 1. The highest BCUT2D eigenvalue weighted by atomic mass is 32.2. The van der Waals surface area contributed by atoms with E-state index in [9.17, 15) is 8.42 Å². The van der Waals surface area contributed by atoms with E-state index in [1.807, 2.05) is 0 Å². The van der Waals surface area contributed by atoms with Gasteiger partial charge in [0, 0.05) is 32.2 Å². The molecule has 0 amide bonds. The Kier molecular flexibility index (Phi) is 5.19. The fourth-order valence-corrected chi connectivity index (χ4v) is 4.91. The highest BCUT2D eigenvalue weighted by molar-refractivity contribution is 7.89. The number of sulfonamides is 1. The standard InChI is InChI=1S/C15H29N3O2S/c19-21(20,12-7-16-15-3-4-15)18-10-5-14(6-11-18)13-17-8-1-2-9-17/h14-16H,1-13H2. The lowest BCUT2D eigenvalue weighted by Gasteiger charge is -2.33. The zero-order valence-corrected chi connectivity index (χ0v) is 13.8. The number of piperidine rings is 1. The lowest BCUT2D eigenvalue weighted by atomic mass is 9.98. The molecule has 2 aliphatic heterocycles. The summed E-state index contributed by atoms with van der Waals surface area (Å²) in [5, 5.41) is 3.30. The second kappa shape index (κ2) is 6.94. The third-order valence-electron chi connectivity index (χ3n) is 5.05. The van der Waals surface area contributed by atoms with Gasteiger partial charge in [0.2, 0.25) is 10.0 Å². The number of hydrogen-bond donors (Lipinski definition) is 1. The largest absolute Gasteiger partial charge is 0.313 e. The minimum absolute atomic E-state index is 0.264. The molecule has 0 aromatic rings. The van der Waals surface area contributed by atoms with Crippen LogP contribution in [0.25, 0.3) is 0 Å². The van der Waals surface area contributed by atoms with Gasteiger partial charge in [0.25, 0.3) is 0 Å². The number of rotatable bonds is 7. The van der Waals surface area contributed by atoms with Crippen LogP contribution in [0.15, 0.2) is 0 Å². The molecular formula is C15H29N3O2S. The fourth-order valence-electron chi connectivity index (χ4n) is 3.51. The summed E-state index contributed by atoms with van der Waals surface area (Å²) in [5.74, 6) is 0.958. The Balaban J connectivity index is 1.38. The summed E-state index contributed by atoms with van der Waals surface area (Å²) < 4.78 is 26.4. The molecule has 0 aromatic carbocycles. The van der Waals surface area contributed by atoms with Crippen LogP contribution in [-0.2, 0) is 10.0 Å². The molecule has 1 saturated carbocycles. The predicted molar refractivity (Wildman–Crippen MR) is 84.8 cm³/mol. The third-order valence-corrected chi connectivity index (χ3v) is 6.92. The lowest BCUT2D eigenvalue weighted by Crippen LogP contribution is -2.43. The van der Waals surface area contributed by atoms with E-state index < -0.39 is 10.0 Å². The molecule has 0 bridgehead atoms. The Bertz CT molecular complexity index is 422. The van der Waals surface area contributed by atoms with Crippen LogP contribution >= 0.6 is 0 Å². The van der Waals surface area contributed by atoms with E-state index in [4.69, 9.17) is 0 Å². The molecule has 5 nitrogen and oxygen atoms in total.